The van der Waals surface area contributed by atoms with Crippen LogP contribution < -0.4 is 10.1 Å². The molecular weight excluding hydrogens is 368 g/mol. The van der Waals surface area contributed by atoms with Gasteiger partial charge >= 0.3 is 0 Å². The van der Waals surface area contributed by atoms with Crippen molar-refractivity contribution >= 4 is 11.7 Å². The van der Waals surface area contributed by atoms with E-state index >= 15 is 0 Å². The average molecular weight is 385 g/mol. The van der Waals surface area contributed by atoms with Gasteiger partial charge in [-0.25, -0.2) is 13.8 Å². The molecule has 2 aromatic heterocycles. The summed E-state index contributed by atoms with van der Waals surface area (Å²) in [5.74, 6) is -1.92. The van der Waals surface area contributed by atoms with Crippen molar-refractivity contribution in [1.82, 2.24) is 19.7 Å². The monoisotopic (exact) mass is 385 g/mol. The number of benzene rings is 1. The molecule has 4 rings (SSSR count). The summed E-state index contributed by atoms with van der Waals surface area (Å²) >= 11 is 0. The second kappa shape index (κ2) is 7.34. The number of aryl methyl sites for hydroxylation is 1. The lowest BCUT2D eigenvalue weighted by Gasteiger charge is -2.16. The number of amides is 1. The number of carbonyl (C=O) groups is 1. The number of nitrogens with one attached hydrogen (secondary N) is 1. The first-order valence-electron chi connectivity index (χ1n) is 8.82. The molecule has 0 atom stereocenters. The van der Waals surface area contributed by atoms with Gasteiger partial charge in [0, 0.05) is 18.2 Å². The quantitative estimate of drug-likeness (QED) is 0.642. The summed E-state index contributed by atoms with van der Waals surface area (Å²) in [5, 5.41) is 10.7. The number of carbonyl (C=O) groups excluding carboxylic acids is 1. The van der Waals surface area contributed by atoms with Crippen molar-refractivity contribution in [3.05, 3.63) is 53.4 Å². The van der Waals surface area contributed by atoms with Crippen molar-refractivity contribution in [2.24, 2.45) is 0 Å². The van der Waals surface area contributed by atoms with Crippen molar-refractivity contribution in [3.63, 3.8) is 0 Å². The Bertz CT molecular complexity index is 1050. The molecule has 1 aromatic carbocycles. The molecule has 0 saturated carbocycles. The molecule has 0 spiro atoms. The highest BCUT2D eigenvalue weighted by Crippen LogP contribution is 2.29. The standard InChI is InChI=1S/C19H17F2N5O2/c1-11-16-14(9-12(20)17(11)21)28-8-3-2-7-26-10-22-25-18(26)13-5-4-6-15(23-13)24-19(16)27/h4-6,9-10H,2-3,7-8H2,1H3,(H,23,24,27). The molecule has 0 unspecified atom stereocenters. The molecule has 3 aromatic rings. The lowest BCUT2D eigenvalue weighted by atomic mass is 10.1. The fourth-order valence-corrected chi connectivity index (χ4v) is 3.11. The van der Waals surface area contributed by atoms with Gasteiger partial charge < -0.3 is 14.6 Å². The maximum Gasteiger partial charge on any atom is 0.260 e. The highest BCUT2D eigenvalue weighted by Gasteiger charge is 2.23. The number of nitrogens with zero attached hydrogens (tertiary/aromatic N) is 4. The van der Waals surface area contributed by atoms with Crippen LogP contribution in [0.3, 0.4) is 0 Å². The average Bonchev–Trinajstić information content (AvgIpc) is 3.14. The van der Waals surface area contributed by atoms with E-state index in [4.69, 9.17) is 4.74 Å². The number of rotatable bonds is 0. The third kappa shape index (κ3) is 3.30. The van der Waals surface area contributed by atoms with E-state index in [0.717, 1.165) is 12.5 Å². The molecule has 28 heavy (non-hydrogen) atoms. The molecule has 0 aliphatic carbocycles. The Morgan fingerprint density at radius 1 is 1.25 bits per heavy atom. The highest BCUT2D eigenvalue weighted by molar-refractivity contribution is 6.07. The van der Waals surface area contributed by atoms with Gasteiger partial charge in [-0.15, -0.1) is 10.2 Å². The fourth-order valence-electron chi connectivity index (χ4n) is 3.11. The van der Waals surface area contributed by atoms with Crippen molar-refractivity contribution in [3.8, 4) is 17.3 Å². The summed E-state index contributed by atoms with van der Waals surface area (Å²) < 4.78 is 35.4. The second-order valence-corrected chi connectivity index (χ2v) is 6.44. The van der Waals surface area contributed by atoms with Gasteiger partial charge in [0.1, 0.15) is 23.6 Å². The highest BCUT2D eigenvalue weighted by atomic mass is 19.2. The predicted molar refractivity (Wildman–Crippen MR) is 97.0 cm³/mol. The Morgan fingerprint density at radius 2 is 2.11 bits per heavy atom. The lowest BCUT2D eigenvalue weighted by Crippen LogP contribution is -2.18. The van der Waals surface area contributed by atoms with Crippen LogP contribution in [0.5, 0.6) is 5.75 Å². The van der Waals surface area contributed by atoms with Crippen LogP contribution in [-0.2, 0) is 6.54 Å². The van der Waals surface area contributed by atoms with E-state index in [1.165, 1.54) is 6.92 Å². The fraction of sp³-hybridized carbons (Fsp3) is 0.263. The van der Waals surface area contributed by atoms with E-state index in [0.29, 0.717) is 24.5 Å². The minimum absolute atomic E-state index is 0.00657. The Labute approximate surface area is 159 Å². The zero-order chi connectivity index (χ0) is 19.7. The first-order valence-corrected chi connectivity index (χ1v) is 8.82. The topological polar surface area (TPSA) is 81.9 Å². The lowest BCUT2D eigenvalue weighted by molar-refractivity contribution is 0.102. The van der Waals surface area contributed by atoms with Crippen LogP contribution in [0.25, 0.3) is 11.5 Å². The van der Waals surface area contributed by atoms with E-state index in [1.54, 1.807) is 24.5 Å². The molecule has 0 radical (unpaired) electrons. The summed E-state index contributed by atoms with van der Waals surface area (Å²) in [6.45, 7) is 2.25. The Hall–Kier alpha value is -3.36. The molecule has 1 N–H and O–H groups in total. The maximum absolute atomic E-state index is 14.1. The molecule has 1 amide bonds. The predicted octanol–water partition coefficient (Wildman–Crippen LogP) is 3.35. The van der Waals surface area contributed by atoms with Gasteiger partial charge in [0.05, 0.1) is 12.2 Å². The van der Waals surface area contributed by atoms with Gasteiger partial charge in [0.15, 0.2) is 17.5 Å². The second-order valence-electron chi connectivity index (χ2n) is 6.44. The van der Waals surface area contributed by atoms with Crippen molar-refractivity contribution < 1.29 is 18.3 Å². The van der Waals surface area contributed by atoms with Gasteiger partial charge in [0.25, 0.3) is 5.91 Å². The smallest absolute Gasteiger partial charge is 0.260 e. The number of halogens is 2. The van der Waals surface area contributed by atoms with Crippen LogP contribution in [-0.4, -0.2) is 32.3 Å². The molecule has 0 fully saturated rings. The molecule has 9 heteroatoms. The van der Waals surface area contributed by atoms with Gasteiger partial charge in [-0.3, -0.25) is 4.79 Å². The van der Waals surface area contributed by atoms with Gasteiger partial charge in [0.2, 0.25) is 0 Å². The molecule has 3 heterocycles. The Kier molecular flexibility index (Phi) is 4.72. The molecule has 144 valence electrons. The van der Waals surface area contributed by atoms with E-state index < -0.39 is 17.5 Å². The molecular formula is C19H17F2N5O2. The Morgan fingerprint density at radius 3 is 2.96 bits per heavy atom. The zero-order valence-corrected chi connectivity index (χ0v) is 15.1. The summed E-state index contributed by atoms with van der Waals surface area (Å²) in [5.41, 5.74) is 0.382. The minimum atomic E-state index is -1.08. The molecule has 7 nitrogen and oxygen atoms in total. The van der Waals surface area contributed by atoms with E-state index in [2.05, 4.69) is 20.5 Å². The minimum Gasteiger partial charge on any atom is -0.493 e. The van der Waals surface area contributed by atoms with E-state index in [1.807, 2.05) is 4.57 Å². The summed E-state index contributed by atoms with van der Waals surface area (Å²) in [6.07, 6.45) is 3.00. The SMILES string of the molecule is Cc1c(F)c(F)cc2c1C(=O)Nc1cccc(n1)-c1nncn1CCCCO2. The first-order chi connectivity index (χ1) is 13.5. The number of hydrogen-bond acceptors (Lipinski definition) is 5. The van der Waals surface area contributed by atoms with Crippen molar-refractivity contribution in [1.29, 1.82) is 0 Å². The number of fused-ring (bicyclic) bond motifs is 5. The van der Waals surface area contributed by atoms with Gasteiger partial charge in [-0.2, -0.15) is 0 Å². The van der Waals surface area contributed by atoms with Crippen LogP contribution in [0.1, 0.15) is 28.8 Å². The number of aromatic nitrogens is 4. The Balaban J connectivity index is 1.79. The molecule has 2 bridgehead atoms. The summed E-state index contributed by atoms with van der Waals surface area (Å²) in [4.78, 5) is 17.2. The third-order valence-corrected chi connectivity index (χ3v) is 4.53. The van der Waals surface area contributed by atoms with Crippen LogP contribution in [0, 0.1) is 18.6 Å². The first kappa shape index (κ1) is 18.0. The van der Waals surface area contributed by atoms with E-state index in [-0.39, 0.29) is 29.3 Å². The third-order valence-electron chi connectivity index (χ3n) is 4.53. The maximum atomic E-state index is 14.1. The van der Waals surface area contributed by atoms with Crippen LogP contribution >= 0.6 is 0 Å². The van der Waals surface area contributed by atoms with Crippen LogP contribution in [0.2, 0.25) is 0 Å². The van der Waals surface area contributed by atoms with Gasteiger partial charge in [-0.05, 0) is 31.9 Å². The normalized spacial score (nSPS) is 14.3. The van der Waals surface area contributed by atoms with Gasteiger partial charge in [-0.1, -0.05) is 6.07 Å². The molecule has 0 saturated heterocycles. The number of ether oxygens (including phenoxy) is 1. The number of anilines is 1. The molecule has 1 aliphatic rings. The number of pyridine rings is 1. The summed E-state index contributed by atoms with van der Waals surface area (Å²) in [7, 11) is 0. The summed E-state index contributed by atoms with van der Waals surface area (Å²) in [6, 6.07) is 5.99. The largest absolute Gasteiger partial charge is 0.493 e. The zero-order valence-electron chi connectivity index (χ0n) is 15.1. The van der Waals surface area contributed by atoms with E-state index in [9.17, 15) is 13.6 Å². The van der Waals surface area contributed by atoms with Crippen LogP contribution in [0.4, 0.5) is 14.6 Å². The number of hydrogen-bond donors (Lipinski definition) is 1. The van der Waals surface area contributed by atoms with Crippen LogP contribution in [0.15, 0.2) is 30.6 Å². The molecule has 1 aliphatic heterocycles. The van der Waals surface area contributed by atoms with Crippen molar-refractivity contribution in [2.45, 2.75) is 26.3 Å². The van der Waals surface area contributed by atoms with Crippen molar-refractivity contribution in [2.75, 3.05) is 11.9 Å².